The first-order chi connectivity index (χ1) is 8.59. The molecule has 100 valence electrons. The summed E-state index contributed by atoms with van der Waals surface area (Å²) in [6.45, 7) is 5.39. The van der Waals surface area contributed by atoms with Crippen LogP contribution in [0.4, 0.5) is 0 Å². The molecule has 0 fully saturated rings. The first kappa shape index (κ1) is 14.7. The van der Waals surface area contributed by atoms with Crippen molar-refractivity contribution < 1.29 is 9.90 Å². The molecule has 1 amide bonds. The number of hydrogen-bond acceptors (Lipinski definition) is 3. The SMILES string of the molecule is CC(C)CNC(=O)CNCC(O)c1ccccc1. The molecule has 0 saturated carbocycles. The number of amides is 1. The van der Waals surface area contributed by atoms with Gasteiger partial charge in [0.1, 0.15) is 0 Å². The molecule has 4 heteroatoms. The lowest BCUT2D eigenvalue weighted by Gasteiger charge is -2.12. The quantitative estimate of drug-likeness (QED) is 0.678. The van der Waals surface area contributed by atoms with Crippen LogP contribution in [0.5, 0.6) is 0 Å². The molecule has 0 spiro atoms. The van der Waals surface area contributed by atoms with Gasteiger partial charge in [-0.25, -0.2) is 0 Å². The van der Waals surface area contributed by atoms with Crippen molar-refractivity contribution in [1.82, 2.24) is 10.6 Å². The van der Waals surface area contributed by atoms with Gasteiger partial charge in [-0.05, 0) is 11.5 Å². The van der Waals surface area contributed by atoms with Gasteiger partial charge in [0.15, 0.2) is 0 Å². The predicted molar refractivity (Wildman–Crippen MR) is 72.1 cm³/mol. The van der Waals surface area contributed by atoms with Crippen LogP contribution in [0.3, 0.4) is 0 Å². The molecule has 1 unspecified atom stereocenters. The molecule has 0 aromatic heterocycles. The summed E-state index contributed by atoms with van der Waals surface area (Å²) in [6, 6.07) is 9.40. The second kappa shape index (κ2) is 7.84. The fourth-order valence-electron chi connectivity index (χ4n) is 1.50. The van der Waals surface area contributed by atoms with Crippen LogP contribution in [-0.2, 0) is 4.79 Å². The van der Waals surface area contributed by atoms with Crippen molar-refractivity contribution in [2.24, 2.45) is 5.92 Å². The first-order valence-electron chi connectivity index (χ1n) is 6.30. The maximum Gasteiger partial charge on any atom is 0.233 e. The Labute approximate surface area is 108 Å². The summed E-state index contributed by atoms with van der Waals surface area (Å²) < 4.78 is 0. The van der Waals surface area contributed by atoms with E-state index in [1.807, 2.05) is 44.2 Å². The van der Waals surface area contributed by atoms with Crippen LogP contribution >= 0.6 is 0 Å². The van der Waals surface area contributed by atoms with Crippen LogP contribution in [0.2, 0.25) is 0 Å². The van der Waals surface area contributed by atoms with Crippen molar-refractivity contribution in [3.63, 3.8) is 0 Å². The second-order valence-corrected chi connectivity index (χ2v) is 4.76. The number of hydrogen-bond donors (Lipinski definition) is 3. The Balaban J connectivity index is 2.19. The Kier molecular flexibility index (Phi) is 6.39. The topological polar surface area (TPSA) is 61.4 Å². The minimum atomic E-state index is -0.580. The molecule has 18 heavy (non-hydrogen) atoms. The van der Waals surface area contributed by atoms with Crippen molar-refractivity contribution >= 4 is 5.91 Å². The Hall–Kier alpha value is -1.39. The highest BCUT2D eigenvalue weighted by Gasteiger charge is 2.07. The molecular weight excluding hydrogens is 228 g/mol. The maximum absolute atomic E-state index is 11.4. The average molecular weight is 250 g/mol. The highest BCUT2D eigenvalue weighted by molar-refractivity contribution is 5.77. The van der Waals surface area contributed by atoms with Gasteiger partial charge in [-0.2, -0.15) is 0 Å². The van der Waals surface area contributed by atoms with Crippen LogP contribution in [0.1, 0.15) is 25.5 Å². The molecule has 0 radical (unpaired) electrons. The summed E-state index contributed by atoms with van der Waals surface area (Å²) in [4.78, 5) is 11.4. The summed E-state index contributed by atoms with van der Waals surface area (Å²) in [5, 5.41) is 15.6. The molecular formula is C14H22N2O2. The molecule has 1 aromatic carbocycles. The Morgan fingerprint density at radius 3 is 2.50 bits per heavy atom. The van der Waals surface area contributed by atoms with E-state index in [1.165, 1.54) is 0 Å². The monoisotopic (exact) mass is 250 g/mol. The number of aliphatic hydroxyl groups excluding tert-OH is 1. The summed E-state index contributed by atoms with van der Waals surface area (Å²) in [7, 11) is 0. The van der Waals surface area contributed by atoms with Crippen molar-refractivity contribution in [3.05, 3.63) is 35.9 Å². The standard InChI is InChI=1S/C14H22N2O2/c1-11(2)8-16-14(18)10-15-9-13(17)12-6-4-3-5-7-12/h3-7,11,13,15,17H,8-10H2,1-2H3,(H,16,18). The Morgan fingerprint density at radius 1 is 1.22 bits per heavy atom. The van der Waals surface area contributed by atoms with Gasteiger partial charge in [-0.1, -0.05) is 44.2 Å². The zero-order valence-electron chi connectivity index (χ0n) is 11.0. The lowest BCUT2D eigenvalue weighted by molar-refractivity contribution is -0.120. The third kappa shape index (κ3) is 5.80. The molecule has 1 aromatic rings. The predicted octanol–water partition coefficient (Wildman–Crippen LogP) is 1.08. The molecule has 3 N–H and O–H groups in total. The van der Waals surface area contributed by atoms with Crippen LogP contribution in [-0.4, -0.2) is 30.6 Å². The minimum Gasteiger partial charge on any atom is -0.387 e. The van der Waals surface area contributed by atoms with Crippen molar-refractivity contribution in [3.8, 4) is 0 Å². The van der Waals surface area contributed by atoms with E-state index in [1.54, 1.807) is 0 Å². The summed E-state index contributed by atoms with van der Waals surface area (Å²) in [5.74, 6) is 0.410. The van der Waals surface area contributed by atoms with Crippen molar-refractivity contribution in [1.29, 1.82) is 0 Å². The Morgan fingerprint density at radius 2 is 1.89 bits per heavy atom. The number of aliphatic hydroxyl groups is 1. The average Bonchev–Trinajstić information content (AvgIpc) is 2.37. The van der Waals surface area contributed by atoms with E-state index in [0.29, 0.717) is 19.0 Å². The molecule has 4 nitrogen and oxygen atoms in total. The van der Waals surface area contributed by atoms with E-state index in [9.17, 15) is 9.90 Å². The fourth-order valence-corrected chi connectivity index (χ4v) is 1.50. The van der Waals surface area contributed by atoms with E-state index in [-0.39, 0.29) is 12.5 Å². The fraction of sp³-hybridized carbons (Fsp3) is 0.500. The smallest absolute Gasteiger partial charge is 0.233 e. The van der Waals surface area contributed by atoms with E-state index < -0.39 is 6.10 Å². The van der Waals surface area contributed by atoms with Gasteiger partial charge >= 0.3 is 0 Å². The van der Waals surface area contributed by atoms with Crippen molar-refractivity contribution in [2.75, 3.05) is 19.6 Å². The number of benzene rings is 1. The third-order valence-electron chi connectivity index (χ3n) is 2.52. The van der Waals surface area contributed by atoms with Crippen LogP contribution in [0, 0.1) is 5.92 Å². The zero-order valence-corrected chi connectivity index (χ0v) is 11.0. The highest BCUT2D eigenvalue weighted by atomic mass is 16.3. The highest BCUT2D eigenvalue weighted by Crippen LogP contribution is 2.10. The first-order valence-corrected chi connectivity index (χ1v) is 6.30. The van der Waals surface area contributed by atoms with Gasteiger partial charge in [-0.15, -0.1) is 0 Å². The molecule has 1 atom stereocenters. The van der Waals surface area contributed by atoms with Crippen LogP contribution in [0.15, 0.2) is 30.3 Å². The summed E-state index contributed by atoms with van der Waals surface area (Å²) >= 11 is 0. The molecule has 0 aliphatic carbocycles. The van der Waals surface area contributed by atoms with E-state index in [4.69, 9.17) is 0 Å². The van der Waals surface area contributed by atoms with Crippen molar-refractivity contribution in [2.45, 2.75) is 20.0 Å². The normalized spacial score (nSPS) is 12.4. The molecule has 0 aliphatic rings. The largest absolute Gasteiger partial charge is 0.387 e. The summed E-state index contributed by atoms with van der Waals surface area (Å²) in [5.41, 5.74) is 0.854. The van der Waals surface area contributed by atoms with E-state index in [2.05, 4.69) is 10.6 Å². The minimum absolute atomic E-state index is 0.0380. The molecule has 1 rings (SSSR count). The van der Waals surface area contributed by atoms with Gasteiger partial charge in [0.05, 0.1) is 12.6 Å². The Bertz CT molecular complexity index is 352. The number of rotatable bonds is 7. The summed E-state index contributed by atoms with van der Waals surface area (Å²) in [6.07, 6.45) is -0.580. The maximum atomic E-state index is 11.4. The van der Waals surface area contributed by atoms with Gasteiger partial charge in [0, 0.05) is 13.1 Å². The van der Waals surface area contributed by atoms with Crippen LogP contribution in [0.25, 0.3) is 0 Å². The van der Waals surface area contributed by atoms with Gasteiger partial charge in [0.25, 0.3) is 0 Å². The third-order valence-corrected chi connectivity index (χ3v) is 2.52. The van der Waals surface area contributed by atoms with Gasteiger partial charge in [0.2, 0.25) is 5.91 Å². The molecule has 0 aliphatic heterocycles. The number of carbonyl (C=O) groups excluding carboxylic acids is 1. The lowest BCUT2D eigenvalue weighted by Crippen LogP contribution is -2.37. The number of carbonyl (C=O) groups is 1. The molecule has 0 saturated heterocycles. The lowest BCUT2D eigenvalue weighted by atomic mass is 10.1. The molecule has 0 bridgehead atoms. The number of nitrogens with one attached hydrogen (secondary N) is 2. The van der Waals surface area contributed by atoms with Gasteiger partial charge < -0.3 is 15.7 Å². The van der Waals surface area contributed by atoms with Crippen LogP contribution < -0.4 is 10.6 Å². The van der Waals surface area contributed by atoms with E-state index in [0.717, 1.165) is 5.56 Å². The molecule has 0 heterocycles. The second-order valence-electron chi connectivity index (χ2n) is 4.76. The zero-order chi connectivity index (χ0) is 13.4. The van der Waals surface area contributed by atoms with E-state index >= 15 is 0 Å². The van der Waals surface area contributed by atoms with Gasteiger partial charge in [-0.3, -0.25) is 4.79 Å².